The highest BCUT2D eigenvalue weighted by Crippen LogP contribution is 2.27. The predicted octanol–water partition coefficient (Wildman–Crippen LogP) is 4.79. The van der Waals surface area contributed by atoms with Crippen LogP contribution in [0.1, 0.15) is 31.7 Å². The molecular formula is C17H20O. The average molecular weight is 240 g/mol. The molecule has 18 heavy (non-hydrogen) atoms. The SMILES string of the molecule is CCCCCc1cc(-c2ccccc2)ccc1O. The lowest BCUT2D eigenvalue weighted by Crippen LogP contribution is -1.88. The maximum atomic E-state index is 9.88. The lowest BCUT2D eigenvalue weighted by molar-refractivity contribution is 0.466. The van der Waals surface area contributed by atoms with Crippen LogP contribution in [0.25, 0.3) is 11.1 Å². The first-order valence-corrected chi connectivity index (χ1v) is 6.68. The fraction of sp³-hybridized carbons (Fsp3) is 0.294. The molecule has 0 aliphatic heterocycles. The zero-order chi connectivity index (χ0) is 12.8. The van der Waals surface area contributed by atoms with Gasteiger partial charge in [-0.05, 0) is 41.7 Å². The predicted molar refractivity (Wildman–Crippen MR) is 76.8 cm³/mol. The summed E-state index contributed by atoms with van der Waals surface area (Å²) in [6.07, 6.45) is 4.52. The highest BCUT2D eigenvalue weighted by Gasteiger charge is 2.04. The highest BCUT2D eigenvalue weighted by atomic mass is 16.3. The Kier molecular flexibility index (Phi) is 4.40. The molecule has 0 amide bonds. The normalized spacial score (nSPS) is 10.5. The zero-order valence-electron chi connectivity index (χ0n) is 10.9. The Hall–Kier alpha value is -1.76. The van der Waals surface area contributed by atoms with Crippen LogP contribution in [0, 0.1) is 0 Å². The van der Waals surface area contributed by atoms with Crippen LogP contribution in [0.3, 0.4) is 0 Å². The van der Waals surface area contributed by atoms with Crippen molar-refractivity contribution >= 4 is 0 Å². The van der Waals surface area contributed by atoms with Gasteiger partial charge in [0.25, 0.3) is 0 Å². The number of benzene rings is 2. The van der Waals surface area contributed by atoms with E-state index < -0.39 is 0 Å². The van der Waals surface area contributed by atoms with Crippen molar-refractivity contribution in [1.82, 2.24) is 0 Å². The van der Waals surface area contributed by atoms with E-state index in [0.29, 0.717) is 5.75 Å². The van der Waals surface area contributed by atoms with E-state index in [1.165, 1.54) is 24.0 Å². The Morgan fingerprint density at radius 2 is 1.67 bits per heavy atom. The molecule has 2 rings (SSSR count). The van der Waals surface area contributed by atoms with Crippen LogP contribution in [-0.2, 0) is 6.42 Å². The molecule has 0 aliphatic carbocycles. The molecule has 0 saturated carbocycles. The average Bonchev–Trinajstić information content (AvgIpc) is 2.42. The van der Waals surface area contributed by atoms with Crippen LogP contribution in [0.15, 0.2) is 48.5 Å². The molecule has 0 atom stereocenters. The molecule has 0 unspecified atom stereocenters. The Bertz CT molecular complexity index is 488. The number of phenols is 1. The summed E-state index contributed by atoms with van der Waals surface area (Å²) in [5, 5.41) is 9.88. The second-order valence-corrected chi connectivity index (χ2v) is 4.67. The van der Waals surface area contributed by atoms with Crippen LogP contribution in [-0.4, -0.2) is 5.11 Å². The Balaban J connectivity index is 2.21. The van der Waals surface area contributed by atoms with Crippen molar-refractivity contribution < 1.29 is 5.11 Å². The summed E-state index contributed by atoms with van der Waals surface area (Å²) < 4.78 is 0. The van der Waals surface area contributed by atoms with Gasteiger partial charge in [0, 0.05) is 0 Å². The van der Waals surface area contributed by atoms with Crippen molar-refractivity contribution in [2.75, 3.05) is 0 Å². The van der Waals surface area contributed by atoms with Gasteiger partial charge >= 0.3 is 0 Å². The molecule has 0 radical (unpaired) electrons. The van der Waals surface area contributed by atoms with E-state index in [1.54, 1.807) is 0 Å². The fourth-order valence-electron chi connectivity index (χ4n) is 2.16. The molecule has 94 valence electrons. The van der Waals surface area contributed by atoms with Gasteiger partial charge < -0.3 is 5.11 Å². The van der Waals surface area contributed by atoms with E-state index in [-0.39, 0.29) is 0 Å². The van der Waals surface area contributed by atoms with Crippen molar-refractivity contribution in [3.63, 3.8) is 0 Å². The van der Waals surface area contributed by atoms with Gasteiger partial charge in [-0.2, -0.15) is 0 Å². The molecule has 0 aliphatic rings. The smallest absolute Gasteiger partial charge is 0.118 e. The Morgan fingerprint density at radius 1 is 0.889 bits per heavy atom. The maximum absolute atomic E-state index is 9.88. The number of aromatic hydroxyl groups is 1. The molecule has 1 N–H and O–H groups in total. The molecule has 0 fully saturated rings. The van der Waals surface area contributed by atoms with Crippen LogP contribution >= 0.6 is 0 Å². The van der Waals surface area contributed by atoms with Crippen molar-refractivity contribution in [1.29, 1.82) is 0 Å². The van der Waals surface area contributed by atoms with Crippen LogP contribution in [0.5, 0.6) is 5.75 Å². The minimum absolute atomic E-state index is 0.422. The van der Waals surface area contributed by atoms with Crippen molar-refractivity contribution in [3.8, 4) is 16.9 Å². The molecule has 2 aromatic carbocycles. The van der Waals surface area contributed by atoms with Gasteiger partial charge in [-0.3, -0.25) is 0 Å². The third kappa shape index (κ3) is 3.13. The summed E-state index contributed by atoms with van der Waals surface area (Å²) in [5.74, 6) is 0.422. The molecule has 1 nitrogen and oxygen atoms in total. The van der Waals surface area contributed by atoms with Gasteiger partial charge in [0.1, 0.15) is 5.75 Å². The zero-order valence-corrected chi connectivity index (χ0v) is 10.9. The molecule has 0 aromatic heterocycles. The summed E-state index contributed by atoms with van der Waals surface area (Å²) in [6, 6.07) is 16.2. The van der Waals surface area contributed by atoms with Gasteiger partial charge in [0.05, 0.1) is 0 Å². The third-order valence-electron chi connectivity index (χ3n) is 3.24. The second kappa shape index (κ2) is 6.25. The lowest BCUT2D eigenvalue weighted by atomic mass is 9.99. The minimum Gasteiger partial charge on any atom is -0.508 e. The number of hydrogen-bond donors (Lipinski definition) is 1. The van der Waals surface area contributed by atoms with Gasteiger partial charge in [0.2, 0.25) is 0 Å². The van der Waals surface area contributed by atoms with Crippen LogP contribution in [0.2, 0.25) is 0 Å². The lowest BCUT2D eigenvalue weighted by Gasteiger charge is -2.08. The molecule has 2 aromatic rings. The van der Waals surface area contributed by atoms with Crippen molar-refractivity contribution in [2.45, 2.75) is 32.6 Å². The standard InChI is InChI=1S/C17H20O/c1-2-3-5-10-16-13-15(11-12-17(16)18)14-8-6-4-7-9-14/h4,6-9,11-13,18H,2-3,5,10H2,1H3. The minimum atomic E-state index is 0.422. The molecule has 0 spiro atoms. The molecule has 0 bridgehead atoms. The topological polar surface area (TPSA) is 20.2 Å². The van der Waals surface area contributed by atoms with E-state index in [0.717, 1.165) is 18.4 Å². The fourth-order valence-corrected chi connectivity index (χ4v) is 2.16. The second-order valence-electron chi connectivity index (χ2n) is 4.67. The quantitative estimate of drug-likeness (QED) is 0.745. The van der Waals surface area contributed by atoms with E-state index >= 15 is 0 Å². The van der Waals surface area contributed by atoms with Crippen molar-refractivity contribution in [3.05, 3.63) is 54.1 Å². The third-order valence-corrected chi connectivity index (χ3v) is 3.24. The number of unbranched alkanes of at least 4 members (excludes halogenated alkanes) is 2. The first-order valence-electron chi connectivity index (χ1n) is 6.68. The maximum Gasteiger partial charge on any atom is 0.118 e. The van der Waals surface area contributed by atoms with Gasteiger partial charge in [-0.25, -0.2) is 0 Å². The molecule has 0 heterocycles. The van der Waals surface area contributed by atoms with Gasteiger partial charge in [0.15, 0.2) is 0 Å². The Morgan fingerprint density at radius 3 is 2.39 bits per heavy atom. The number of hydrogen-bond acceptors (Lipinski definition) is 1. The number of rotatable bonds is 5. The van der Waals surface area contributed by atoms with Gasteiger partial charge in [-0.15, -0.1) is 0 Å². The van der Waals surface area contributed by atoms with E-state index in [2.05, 4.69) is 25.1 Å². The molecule has 0 saturated heterocycles. The van der Waals surface area contributed by atoms with Crippen LogP contribution < -0.4 is 0 Å². The van der Waals surface area contributed by atoms with Crippen molar-refractivity contribution in [2.24, 2.45) is 0 Å². The summed E-state index contributed by atoms with van der Waals surface area (Å²) in [5.41, 5.74) is 3.44. The van der Waals surface area contributed by atoms with Gasteiger partial charge in [-0.1, -0.05) is 56.2 Å². The highest BCUT2D eigenvalue weighted by molar-refractivity contribution is 5.65. The van der Waals surface area contributed by atoms with E-state index in [9.17, 15) is 5.11 Å². The largest absolute Gasteiger partial charge is 0.508 e. The first-order chi connectivity index (χ1) is 8.81. The summed E-state index contributed by atoms with van der Waals surface area (Å²) >= 11 is 0. The molecule has 1 heteroatoms. The number of aryl methyl sites for hydroxylation is 1. The van der Waals surface area contributed by atoms with E-state index in [1.807, 2.05) is 30.3 Å². The first kappa shape index (κ1) is 12.7. The summed E-state index contributed by atoms with van der Waals surface area (Å²) in [7, 11) is 0. The molecular weight excluding hydrogens is 220 g/mol. The Labute approximate surface area is 109 Å². The van der Waals surface area contributed by atoms with E-state index in [4.69, 9.17) is 0 Å². The number of phenolic OH excluding ortho intramolecular Hbond substituents is 1. The summed E-state index contributed by atoms with van der Waals surface area (Å²) in [4.78, 5) is 0. The van der Waals surface area contributed by atoms with Crippen LogP contribution in [0.4, 0.5) is 0 Å². The summed E-state index contributed by atoms with van der Waals surface area (Å²) in [6.45, 7) is 2.19. The monoisotopic (exact) mass is 240 g/mol.